The Morgan fingerprint density at radius 1 is 0.769 bits per heavy atom. The van der Waals surface area contributed by atoms with Crippen LogP contribution in [0.25, 0.3) is 0 Å². The van der Waals surface area contributed by atoms with Crippen molar-refractivity contribution in [2.75, 3.05) is 0 Å². The lowest BCUT2D eigenvalue weighted by Gasteiger charge is -2.11. The average Bonchev–Trinajstić information content (AvgIpc) is 2.62. The summed E-state index contributed by atoms with van der Waals surface area (Å²) in [6, 6.07) is 1.09. The molecule has 0 amide bonds. The predicted molar refractivity (Wildman–Crippen MR) is 109 cm³/mol. The van der Waals surface area contributed by atoms with Gasteiger partial charge in [-0.25, -0.2) is 0 Å². The number of nitrogens with zero attached hydrogens (tertiary/aromatic N) is 1. The predicted octanol–water partition coefficient (Wildman–Crippen LogP) is 6.05. The molecule has 4 nitrogen and oxygen atoms in total. The lowest BCUT2D eigenvalue weighted by Crippen LogP contribution is -2.21. The molecule has 26 heavy (non-hydrogen) atoms. The number of pyridine rings is 1. The van der Waals surface area contributed by atoms with E-state index in [0.29, 0.717) is 12.2 Å². The molecule has 0 aliphatic carbocycles. The van der Waals surface area contributed by atoms with Crippen molar-refractivity contribution in [3.8, 4) is 11.5 Å². The highest BCUT2D eigenvalue weighted by atomic mass is 16.3. The molecule has 0 aliphatic heterocycles. The molecule has 0 bridgehead atoms. The quantitative estimate of drug-likeness (QED) is 0.372. The molecular weight excluding hydrogens is 326 g/mol. The van der Waals surface area contributed by atoms with Gasteiger partial charge in [0.25, 0.3) is 5.56 Å². The minimum Gasteiger partial charge on any atom is -0.504 e. The van der Waals surface area contributed by atoms with Crippen LogP contribution < -0.4 is 5.56 Å². The fourth-order valence-corrected chi connectivity index (χ4v) is 3.48. The van der Waals surface area contributed by atoms with Gasteiger partial charge in [-0.15, -0.1) is 0 Å². The molecule has 150 valence electrons. The third-order valence-electron chi connectivity index (χ3n) is 5.25. The van der Waals surface area contributed by atoms with Gasteiger partial charge in [0.05, 0.1) is 5.69 Å². The topological polar surface area (TPSA) is 62.5 Å². The van der Waals surface area contributed by atoms with E-state index < -0.39 is 0 Å². The second kappa shape index (κ2) is 13.7. The van der Waals surface area contributed by atoms with E-state index >= 15 is 0 Å². The van der Waals surface area contributed by atoms with Gasteiger partial charge in [-0.2, -0.15) is 0 Å². The van der Waals surface area contributed by atoms with Gasteiger partial charge in [-0.05, 0) is 13.3 Å². The lowest BCUT2D eigenvalue weighted by molar-refractivity contribution is 0.389. The van der Waals surface area contributed by atoms with Gasteiger partial charge in [0.1, 0.15) is 0 Å². The normalized spacial score (nSPS) is 11.2. The van der Waals surface area contributed by atoms with Crippen LogP contribution in [0.15, 0.2) is 10.9 Å². The first-order valence-corrected chi connectivity index (χ1v) is 10.7. The average molecular weight is 366 g/mol. The summed E-state index contributed by atoms with van der Waals surface area (Å²) in [5.74, 6) is -0.514. The van der Waals surface area contributed by atoms with Gasteiger partial charge in [0.2, 0.25) is 0 Å². The molecule has 0 aromatic carbocycles. The van der Waals surface area contributed by atoms with E-state index in [1.165, 1.54) is 77.0 Å². The van der Waals surface area contributed by atoms with Gasteiger partial charge in [0.15, 0.2) is 11.5 Å². The van der Waals surface area contributed by atoms with E-state index in [0.717, 1.165) is 18.9 Å². The monoisotopic (exact) mass is 365 g/mol. The summed E-state index contributed by atoms with van der Waals surface area (Å²) in [5.41, 5.74) is 0.206. The van der Waals surface area contributed by atoms with Crippen molar-refractivity contribution >= 4 is 0 Å². The van der Waals surface area contributed by atoms with Crippen molar-refractivity contribution in [2.45, 2.75) is 110 Å². The molecule has 2 N–H and O–H groups in total. The summed E-state index contributed by atoms with van der Waals surface area (Å²) >= 11 is 0. The lowest BCUT2D eigenvalue weighted by atomic mass is 10.0. The number of unbranched alkanes of at least 4 members (excludes halogenated alkanes) is 13. The van der Waals surface area contributed by atoms with Crippen LogP contribution in [0.3, 0.4) is 0 Å². The molecular formula is C22H39NO3. The number of hydrogen-bond donors (Lipinski definition) is 2. The van der Waals surface area contributed by atoms with Crippen molar-refractivity contribution in [1.29, 1.82) is 0 Å². The van der Waals surface area contributed by atoms with E-state index in [1.54, 1.807) is 11.5 Å². The Kier molecular flexibility index (Phi) is 11.9. The van der Waals surface area contributed by atoms with Crippen LogP contribution >= 0.6 is 0 Å². The van der Waals surface area contributed by atoms with E-state index in [9.17, 15) is 15.0 Å². The van der Waals surface area contributed by atoms with Crippen LogP contribution in [0.4, 0.5) is 0 Å². The fourth-order valence-electron chi connectivity index (χ4n) is 3.48. The maximum absolute atomic E-state index is 11.9. The van der Waals surface area contributed by atoms with Gasteiger partial charge in [0, 0.05) is 12.6 Å². The second-order valence-corrected chi connectivity index (χ2v) is 7.55. The zero-order chi connectivity index (χ0) is 19.2. The molecule has 1 aromatic rings. The molecule has 0 unspecified atom stereocenters. The first-order valence-electron chi connectivity index (χ1n) is 10.7. The molecule has 0 saturated heterocycles. The molecule has 4 heteroatoms. The number of aromatic nitrogens is 1. The smallest absolute Gasteiger partial charge is 0.254 e. The van der Waals surface area contributed by atoms with Crippen LogP contribution in [0.1, 0.15) is 103 Å². The molecule has 0 atom stereocenters. The molecule has 0 aliphatic rings. The maximum atomic E-state index is 11.9. The maximum Gasteiger partial charge on any atom is 0.254 e. The molecule has 0 spiro atoms. The zero-order valence-electron chi connectivity index (χ0n) is 16.9. The Labute approximate surface area is 159 Å². The minimum absolute atomic E-state index is 0.185. The van der Waals surface area contributed by atoms with Gasteiger partial charge in [-0.1, -0.05) is 90.4 Å². The summed E-state index contributed by atoms with van der Waals surface area (Å²) in [6.45, 7) is 4.54. The Hall–Kier alpha value is -1.45. The Balaban J connectivity index is 1.99. The third-order valence-corrected chi connectivity index (χ3v) is 5.25. The molecule has 1 rings (SSSR count). The molecule has 0 saturated carbocycles. The van der Waals surface area contributed by atoms with Crippen LogP contribution in [-0.2, 0) is 6.54 Å². The minimum atomic E-state index is -0.329. The van der Waals surface area contributed by atoms with Crippen LogP contribution in [0, 0.1) is 6.92 Å². The molecule has 1 aromatic heterocycles. The first kappa shape index (κ1) is 22.6. The SMILES string of the molecule is CCCCCCCCCCCCCCCCn1c(C)c(O)c(O)cc1=O. The Morgan fingerprint density at radius 2 is 1.19 bits per heavy atom. The standard InChI is InChI=1S/C22H39NO3/c1-3-4-5-6-7-8-9-10-11-12-13-14-15-16-17-23-19(2)22(26)20(24)18-21(23)25/h18,24,26H,3-17H2,1-2H3. The summed E-state index contributed by atoms with van der Waals surface area (Å²) in [5, 5.41) is 19.2. The summed E-state index contributed by atoms with van der Waals surface area (Å²) in [6.07, 6.45) is 18.3. The summed E-state index contributed by atoms with van der Waals surface area (Å²) in [7, 11) is 0. The number of aromatic hydroxyl groups is 2. The van der Waals surface area contributed by atoms with Crippen molar-refractivity contribution in [1.82, 2.24) is 4.57 Å². The van der Waals surface area contributed by atoms with Crippen molar-refractivity contribution in [3.63, 3.8) is 0 Å². The van der Waals surface area contributed by atoms with Gasteiger partial charge < -0.3 is 14.8 Å². The zero-order valence-corrected chi connectivity index (χ0v) is 16.9. The summed E-state index contributed by atoms with van der Waals surface area (Å²) < 4.78 is 1.55. The van der Waals surface area contributed by atoms with E-state index in [1.807, 2.05) is 0 Å². The molecule has 0 radical (unpaired) electrons. The van der Waals surface area contributed by atoms with Crippen LogP contribution in [-0.4, -0.2) is 14.8 Å². The van der Waals surface area contributed by atoms with E-state index in [4.69, 9.17) is 0 Å². The molecule has 0 fully saturated rings. The van der Waals surface area contributed by atoms with Gasteiger partial charge in [-0.3, -0.25) is 4.79 Å². The largest absolute Gasteiger partial charge is 0.504 e. The summed E-state index contributed by atoms with van der Waals surface area (Å²) in [4.78, 5) is 11.9. The van der Waals surface area contributed by atoms with E-state index in [-0.39, 0.29) is 17.1 Å². The van der Waals surface area contributed by atoms with Crippen LogP contribution in [0.2, 0.25) is 0 Å². The molecule has 1 heterocycles. The van der Waals surface area contributed by atoms with Crippen molar-refractivity contribution < 1.29 is 10.2 Å². The number of hydrogen-bond acceptors (Lipinski definition) is 3. The first-order chi connectivity index (χ1) is 12.6. The Bertz CT molecular complexity index is 551. The highest BCUT2D eigenvalue weighted by Crippen LogP contribution is 2.25. The van der Waals surface area contributed by atoms with E-state index in [2.05, 4.69) is 6.92 Å². The highest BCUT2D eigenvalue weighted by molar-refractivity contribution is 5.39. The Morgan fingerprint density at radius 3 is 1.65 bits per heavy atom. The third kappa shape index (κ3) is 8.77. The van der Waals surface area contributed by atoms with Crippen molar-refractivity contribution in [2.24, 2.45) is 0 Å². The van der Waals surface area contributed by atoms with Crippen molar-refractivity contribution in [3.05, 3.63) is 22.1 Å². The van der Waals surface area contributed by atoms with Crippen LogP contribution in [0.5, 0.6) is 11.5 Å². The number of rotatable bonds is 15. The highest BCUT2D eigenvalue weighted by Gasteiger charge is 2.10. The second-order valence-electron chi connectivity index (χ2n) is 7.55. The van der Waals surface area contributed by atoms with Gasteiger partial charge >= 0.3 is 0 Å². The fraction of sp³-hybridized carbons (Fsp3) is 0.773.